The van der Waals surface area contributed by atoms with Gasteiger partial charge >= 0.3 is 0 Å². The van der Waals surface area contributed by atoms with Crippen molar-refractivity contribution < 1.29 is 19.2 Å². The average Bonchev–Trinajstić information content (AvgIpc) is 2.96. The van der Waals surface area contributed by atoms with Gasteiger partial charge in [-0.2, -0.15) is 0 Å². The number of carbonyl (C=O) groups is 4. The smallest absolute Gasteiger partial charge is 0.255 e. The van der Waals surface area contributed by atoms with Crippen LogP contribution >= 0.6 is 0 Å². The molecular weight excluding hydrogens is 332 g/mol. The predicted molar refractivity (Wildman–Crippen MR) is 93.9 cm³/mol. The third-order valence-electron chi connectivity index (χ3n) is 4.68. The normalized spacial score (nSPS) is 18.8. The van der Waals surface area contributed by atoms with Gasteiger partial charge in [0.05, 0.1) is 0 Å². The summed E-state index contributed by atoms with van der Waals surface area (Å²) in [4.78, 5) is 48.0. The number of nitrogens with one attached hydrogen (secondary N) is 1. The lowest BCUT2D eigenvalue weighted by Crippen LogP contribution is -2.52. The molecule has 1 aromatic rings. The summed E-state index contributed by atoms with van der Waals surface area (Å²) in [5.74, 6) is 5.31. The fourth-order valence-corrected chi connectivity index (χ4v) is 3.30. The molecule has 1 fully saturated rings. The first-order valence-electron chi connectivity index (χ1n) is 8.81. The van der Waals surface area contributed by atoms with Crippen molar-refractivity contribution in [2.24, 2.45) is 0 Å². The first-order valence-corrected chi connectivity index (χ1v) is 8.81. The van der Waals surface area contributed by atoms with E-state index in [-0.39, 0.29) is 18.2 Å². The van der Waals surface area contributed by atoms with Crippen LogP contribution in [0.5, 0.6) is 0 Å². The number of carbonyl (C=O) groups excluding carboxylic acids is 4. The second-order valence-electron chi connectivity index (χ2n) is 6.45. The van der Waals surface area contributed by atoms with Crippen LogP contribution in [0.25, 0.3) is 0 Å². The number of nitrogens with zero attached hydrogens (tertiary/aromatic N) is 1. The lowest BCUT2D eigenvalue weighted by molar-refractivity contribution is -0.136. The quantitative estimate of drug-likeness (QED) is 0.377. The molecular formula is C20H20N2O4. The molecule has 6 heteroatoms. The van der Waals surface area contributed by atoms with Gasteiger partial charge in [-0.05, 0) is 37.0 Å². The van der Waals surface area contributed by atoms with Gasteiger partial charge in [-0.25, -0.2) is 0 Å². The number of unbranched alkanes of at least 4 members (excludes halogenated alkanes) is 3. The van der Waals surface area contributed by atoms with Gasteiger partial charge in [-0.1, -0.05) is 17.9 Å². The van der Waals surface area contributed by atoms with Crippen LogP contribution in [0.3, 0.4) is 0 Å². The Balaban J connectivity index is 1.73. The third kappa shape index (κ3) is 3.67. The number of amides is 3. The van der Waals surface area contributed by atoms with Gasteiger partial charge in [0.1, 0.15) is 12.3 Å². The number of benzene rings is 1. The Morgan fingerprint density at radius 3 is 2.85 bits per heavy atom. The maximum absolute atomic E-state index is 12.7. The Kier molecular flexibility index (Phi) is 5.47. The van der Waals surface area contributed by atoms with Crippen LogP contribution in [0.2, 0.25) is 0 Å². The summed E-state index contributed by atoms with van der Waals surface area (Å²) >= 11 is 0. The van der Waals surface area contributed by atoms with Gasteiger partial charge in [0.15, 0.2) is 0 Å². The summed E-state index contributed by atoms with van der Waals surface area (Å²) < 4.78 is 0. The van der Waals surface area contributed by atoms with E-state index in [0.29, 0.717) is 31.4 Å². The van der Waals surface area contributed by atoms with Gasteiger partial charge < -0.3 is 9.69 Å². The zero-order valence-electron chi connectivity index (χ0n) is 14.4. The highest BCUT2D eigenvalue weighted by atomic mass is 16.2. The van der Waals surface area contributed by atoms with Crippen LogP contribution in [0.15, 0.2) is 18.2 Å². The molecule has 1 aromatic carbocycles. The van der Waals surface area contributed by atoms with Crippen LogP contribution < -0.4 is 5.32 Å². The number of hydrogen-bond donors (Lipinski definition) is 1. The van der Waals surface area contributed by atoms with Crippen molar-refractivity contribution in [3.63, 3.8) is 0 Å². The topological polar surface area (TPSA) is 83.6 Å². The zero-order valence-corrected chi connectivity index (χ0v) is 14.4. The maximum Gasteiger partial charge on any atom is 0.255 e. The molecule has 3 amide bonds. The minimum atomic E-state index is -0.614. The number of fused-ring (bicyclic) bond motifs is 1. The van der Waals surface area contributed by atoms with Gasteiger partial charge in [0, 0.05) is 36.9 Å². The van der Waals surface area contributed by atoms with Gasteiger partial charge in [0.25, 0.3) is 5.91 Å². The van der Waals surface area contributed by atoms with E-state index in [1.807, 2.05) is 6.07 Å². The van der Waals surface area contributed by atoms with E-state index in [4.69, 9.17) is 0 Å². The Bertz CT molecular complexity index is 819. The van der Waals surface area contributed by atoms with Crippen molar-refractivity contribution >= 4 is 24.0 Å². The maximum atomic E-state index is 12.7. The summed E-state index contributed by atoms with van der Waals surface area (Å²) in [7, 11) is 0. The molecule has 26 heavy (non-hydrogen) atoms. The van der Waals surface area contributed by atoms with E-state index in [1.165, 1.54) is 4.90 Å². The Labute approximate surface area is 151 Å². The summed E-state index contributed by atoms with van der Waals surface area (Å²) in [6.07, 6.45) is 4.44. The SMILES string of the molecule is O=CCCCCC#Cc1cccc2c1CN(C1CCC(=O)NC1=O)C2=O. The number of rotatable bonds is 5. The number of hydrogen-bond acceptors (Lipinski definition) is 4. The molecule has 0 radical (unpaired) electrons. The standard InChI is InChI=1S/C20H20N2O4/c23-12-5-3-1-2-4-7-14-8-6-9-15-16(14)13-22(20(15)26)17-10-11-18(24)21-19(17)25/h6,8-9,12,17H,1-3,5,10-11,13H2,(H,21,24,25). The molecule has 2 heterocycles. The van der Waals surface area contributed by atoms with Crippen LogP contribution in [-0.4, -0.2) is 34.9 Å². The fourth-order valence-electron chi connectivity index (χ4n) is 3.30. The summed E-state index contributed by atoms with van der Waals surface area (Å²) in [5, 5.41) is 2.30. The molecule has 0 aromatic heterocycles. The predicted octanol–water partition coefficient (Wildman–Crippen LogP) is 1.56. The molecule has 0 saturated carbocycles. The second-order valence-corrected chi connectivity index (χ2v) is 6.45. The minimum Gasteiger partial charge on any atom is -0.322 e. The molecule has 1 unspecified atom stereocenters. The minimum absolute atomic E-state index is 0.191. The number of piperidine rings is 1. The van der Waals surface area contributed by atoms with Gasteiger partial charge in [-0.15, -0.1) is 0 Å². The molecule has 2 aliphatic heterocycles. The van der Waals surface area contributed by atoms with Crippen LogP contribution in [0.1, 0.15) is 60.0 Å². The molecule has 3 rings (SSSR count). The molecule has 0 aliphatic carbocycles. The van der Waals surface area contributed by atoms with E-state index in [9.17, 15) is 19.2 Å². The third-order valence-corrected chi connectivity index (χ3v) is 4.68. The second kappa shape index (κ2) is 7.96. The van der Waals surface area contributed by atoms with Crippen LogP contribution in [0.4, 0.5) is 0 Å². The zero-order chi connectivity index (χ0) is 18.5. The van der Waals surface area contributed by atoms with Crippen molar-refractivity contribution in [3.05, 3.63) is 34.9 Å². The molecule has 0 bridgehead atoms. The Hall–Kier alpha value is -2.94. The first-order chi connectivity index (χ1) is 12.6. The van der Waals surface area contributed by atoms with Crippen molar-refractivity contribution in [1.29, 1.82) is 0 Å². The highest BCUT2D eigenvalue weighted by Gasteiger charge is 2.39. The lowest BCUT2D eigenvalue weighted by Gasteiger charge is -2.29. The molecule has 0 spiro atoms. The highest BCUT2D eigenvalue weighted by molar-refractivity contribution is 6.05. The van der Waals surface area contributed by atoms with Crippen molar-refractivity contribution in [2.45, 2.75) is 51.1 Å². The summed E-state index contributed by atoms with van der Waals surface area (Å²) in [6, 6.07) is 4.80. The molecule has 2 aliphatic rings. The number of imide groups is 1. The average molecular weight is 352 g/mol. The van der Waals surface area contributed by atoms with Gasteiger partial charge in [-0.3, -0.25) is 19.7 Å². The lowest BCUT2D eigenvalue weighted by atomic mass is 10.0. The molecule has 134 valence electrons. The fraction of sp³-hybridized carbons (Fsp3) is 0.400. The first kappa shape index (κ1) is 17.9. The van der Waals surface area contributed by atoms with Crippen molar-refractivity contribution in [3.8, 4) is 11.8 Å². The van der Waals surface area contributed by atoms with Crippen molar-refractivity contribution in [2.75, 3.05) is 0 Å². The van der Waals surface area contributed by atoms with Crippen molar-refractivity contribution in [1.82, 2.24) is 10.2 Å². The summed E-state index contributed by atoms with van der Waals surface area (Å²) in [6.45, 7) is 0.330. The van der Waals surface area contributed by atoms with E-state index in [2.05, 4.69) is 17.2 Å². The largest absolute Gasteiger partial charge is 0.322 e. The van der Waals surface area contributed by atoms with E-state index < -0.39 is 11.9 Å². The Morgan fingerprint density at radius 2 is 2.08 bits per heavy atom. The number of aldehydes is 1. The monoisotopic (exact) mass is 352 g/mol. The highest BCUT2D eigenvalue weighted by Crippen LogP contribution is 2.29. The molecule has 1 atom stereocenters. The summed E-state index contributed by atoms with van der Waals surface area (Å²) in [5.41, 5.74) is 2.20. The van der Waals surface area contributed by atoms with E-state index >= 15 is 0 Å². The Morgan fingerprint density at radius 1 is 1.23 bits per heavy atom. The van der Waals surface area contributed by atoms with Crippen LogP contribution in [0, 0.1) is 11.8 Å². The van der Waals surface area contributed by atoms with Crippen LogP contribution in [-0.2, 0) is 20.9 Å². The molecule has 1 N–H and O–H groups in total. The molecule has 1 saturated heterocycles. The van der Waals surface area contributed by atoms with Gasteiger partial charge in [0.2, 0.25) is 11.8 Å². The van der Waals surface area contributed by atoms with E-state index in [1.54, 1.807) is 12.1 Å². The molecule has 6 nitrogen and oxygen atoms in total. The van der Waals surface area contributed by atoms with E-state index in [0.717, 1.165) is 30.3 Å².